The molecule has 1 atom stereocenters. The lowest BCUT2D eigenvalue weighted by atomic mass is 10.2. The number of nitrogens with one attached hydrogen (secondary N) is 1. The van der Waals surface area contributed by atoms with Crippen LogP contribution in [0.2, 0.25) is 10.0 Å². The van der Waals surface area contributed by atoms with Crippen molar-refractivity contribution in [2.24, 2.45) is 5.10 Å². The van der Waals surface area contributed by atoms with Gasteiger partial charge in [0.1, 0.15) is 5.84 Å². The van der Waals surface area contributed by atoms with Gasteiger partial charge in [-0.05, 0) is 25.1 Å². The number of halogens is 2. The van der Waals surface area contributed by atoms with Gasteiger partial charge >= 0.3 is 0 Å². The Balaban J connectivity index is 2.24. The van der Waals surface area contributed by atoms with Crippen molar-refractivity contribution in [3.63, 3.8) is 0 Å². The van der Waals surface area contributed by atoms with E-state index in [0.717, 1.165) is 5.69 Å². The lowest BCUT2D eigenvalue weighted by molar-refractivity contribution is -0.117. The fraction of sp³-hybridized carbons (Fsp3) is 0.333. The first-order chi connectivity index (χ1) is 8.47. The number of carbonyl (C=O) groups excluding carboxylic acids is 1. The van der Waals surface area contributed by atoms with Crippen molar-refractivity contribution in [1.82, 2.24) is 5.32 Å². The van der Waals surface area contributed by atoms with Crippen LogP contribution in [0.15, 0.2) is 23.3 Å². The van der Waals surface area contributed by atoms with E-state index in [1.807, 2.05) is 18.0 Å². The van der Waals surface area contributed by atoms with Crippen LogP contribution in [0.1, 0.15) is 20.3 Å². The highest BCUT2D eigenvalue weighted by atomic mass is 35.5. The van der Waals surface area contributed by atoms with E-state index >= 15 is 0 Å². The van der Waals surface area contributed by atoms with Crippen LogP contribution < -0.4 is 10.3 Å². The topological polar surface area (TPSA) is 44.7 Å². The van der Waals surface area contributed by atoms with Crippen LogP contribution in [-0.4, -0.2) is 17.8 Å². The third-order valence-corrected chi connectivity index (χ3v) is 3.36. The van der Waals surface area contributed by atoms with Crippen molar-refractivity contribution in [2.45, 2.75) is 26.3 Å². The second kappa shape index (κ2) is 5.16. The number of carbonyl (C=O) groups is 1. The number of benzene rings is 1. The minimum Gasteiger partial charge on any atom is -0.313 e. The first-order valence-corrected chi connectivity index (χ1v) is 6.32. The molecule has 4 nitrogen and oxygen atoms in total. The summed E-state index contributed by atoms with van der Waals surface area (Å²) in [4.78, 5) is 11.0. The molecule has 0 aromatic heterocycles. The van der Waals surface area contributed by atoms with Crippen LogP contribution in [-0.2, 0) is 4.79 Å². The molecule has 1 aromatic rings. The highest BCUT2D eigenvalue weighted by molar-refractivity contribution is 6.42. The number of amides is 1. The molecule has 2 rings (SSSR count). The molecule has 0 aliphatic carbocycles. The molecule has 0 bridgehead atoms. The molecule has 1 N–H and O–H groups in total. The van der Waals surface area contributed by atoms with E-state index in [-0.39, 0.29) is 11.9 Å². The normalized spacial score (nSPS) is 18.8. The predicted molar refractivity (Wildman–Crippen MR) is 74.3 cm³/mol. The highest BCUT2D eigenvalue weighted by Crippen LogP contribution is 2.30. The monoisotopic (exact) mass is 285 g/mol. The zero-order valence-electron chi connectivity index (χ0n) is 10.1. The molecular formula is C12H13Cl2N3O. The maximum atomic E-state index is 11.0. The molecule has 96 valence electrons. The summed E-state index contributed by atoms with van der Waals surface area (Å²) >= 11 is 11.9. The van der Waals surface area contributed by atoms with Gasteiger partial charge < -0.3 is 5.32 Å². The first kappa shape index (κ1) is 13.2. The fourth-order valence-corrected chi connectivity index (χ4v) is 2.15. The molecule has 1 aliphatic rings. The molecule has 0 saturated carbocycles. The summed E-state index contributed by atoms with van der Waals surface area (Å²) in [6.07, 6.45) is 0.694. The standard InChI is InChI=1S/C12H13Cl2N3O/c1-7-5-12(15-8(2)18)16-17(7)9-3-4-10(13)11(14)6-9/h3-4,6-7H,5H2,1-2H3,(H,15,16,18)/t7-/m1/s1. The minimum atomic E-state index is -0.114. The van der Waals surface area contributed by atoms with Gasteiger partial charge in [-0.3, -0.25) is 9.80 Å². The third-order valence-electron chi connectivity index (χ3n) is 2.62. The lowest BCUT2D eigenvalue weighted by Gasteiger charge is -2.19. The van der Waals surface area contributed by atoms with E-state index < -0.39 is 0 Å². The molecule has 1 amide bonds. The predicted octanol–water partition coefficient (Wildman–Crippen LogP) is 3.04. The Kier molecular flexibility index (Phi) is 3.78. The van der Waals surface area contributed by atoms with Crippen LogP contribution in [0, 0.1) is 0 Å². The average Bonchev–Trinajstić information content (AvgIpc) is 2.62. The molecule has 0 saturated heterocycles. The molecular weight excluding hydrogens is 273 g/mol. The Morgan fingerprint density at radius 3 is 2.78 bits per heavy atom. The van der Waals surface area contributed by atoms with E-state index in [1.165, 1.54) is 6.92 Å². The molecule has 0 radical (unpaired) electrons. The van der Waals surface area contributed by atoms with Crippen LogP contribution in [0.5, 0.6) is 0 Å². The Labute approximate surface area is 116 Å². The Hall–Kier alpha value is -1.26. The van der Waals surface area contributed by atoms with Gasteiger partial charge in [-0.25, -0.2) is 0 Å². The number of amidine groups is 1. The summed E-state index contributed by atoms with van der Waals surface area (Å²) in [5, 5.41) is 9.90. The second-order valence-electron chi connectivity index (χ2n) is 4.22. The van der Waals surface area contributed by atoms with Crippen LogP contribution in [0.25, 0.3) is 0 Å². The van der Waals surface area contributed by atoms with E-state index in [1.54, 1.807) is 12.1 Å². The Morgan fingerprint density at radius 1 is 1.44 bits per heavy atom. The number of hydrazone groups is 1. The van der Waals surface area contributed by atoms with Gasteiger partial charge in [0, 0.05) is 13.3 Å². The van der Waals surface area contributed by atoms with E-state index in [4.69, 9.17) is 23.2 Å². The largest absolute Gasteiger partial charge is 0.313 e. The maximum absolute atomic E-state index is 11.0. The van der Waals surface area contributed by atoms with Crippen molar-refractivity contribution in [3.05, 3.63) is 28.2 Å². The molecule has 18 heavy (non-hydrogen) atoms. The zero-order valence-corrected chi connectivity index (χ0v) is 11.6. The van der Waals surface area contributed by atoms with E-state index in [9.17, 15) is 4.79 Å². The summed E-state index contributed by atoms with van der Waals surface area (Å²) in [7, 11) is 0. The van der Waals surface area contributed by atoms with Crippen molar-refractivity contribution in [2.75, 3.05) is 5.01 Å². The minimum absolute atomic E-state index is 0.114. The van der Waals surface area contributed by atoms with Crippen LogP contribution >= 0.6 is 23.2 Å². The number of rotatable bonds is 1. The maximum Gasteiger partial charge on any atom is 0.222 e. The molecule has 0 unspecified atom stereocenters. The summed E-state index contributed by atoms with van der Waals surface area (Å²) in [5.41, 5.74) is 0.859. The quantitative estimate of drug-likeness (QED) is 0.862. The van der Waals surface area contributed by atoms with Crippen LogP contribution in [0.4, 0.5) is 5.69 Å². The van der Waals surface area contributed by atoms with Crippen molar-refractivity contribution >= 4 is 40.6 Å². The van der Waals surface area contributed by atoms with Gasteiger partial charge in [-0.2, -0.15) is 5.10 Å². The van der Waals surface area contributed by atoms with Gasteiger partial charge in [0.05, 0.1) is 21.8 Å². The Bertz CT molecular complexity index is 516. The van der Waals surface area contributed by atoms with Gasteiger partial charge in [0.15, 0.2) is 0 Å². The molecule has 6 heteroatoms. The number of hydrogen-bond acceptors (Lipinski definition) is 3. The number of hydrogen-bond donors (Lipinski definition) is 1. The molecule has 0 spiro atoms. The Morgan fingerprint density at radius 2 is 2.17 bits per heavy atom. The molecule has 1 aliphatic heterocycles. The highest BCUT2D eigenvalue weighted by Gasteiger charge is 2.24. The number of nitrogens with zero attached hydrogens (tertiary/aromatic N) is 2. The van der Waals surface area contributed by atoms with Gasteiger partial charge in [0.25, 0.3) is 0 Å². The molecule has 1 heterocycles. The van der Waals surface area contributed by atoms with E-state index in [2.05, 4.69) is 10.4 Å². The van der Waals surface area contributed by atoms with Gasteiger partial charge in [-0.1, -0.05) is 23.2 Å². The van der Waals surface area contributed by atoms with Crippen molar-refractivity contribution < 1.29 is 4.79 Å². The molecule has 0 fully saturated rings. The number of anilines is 1. The fourth-order valence-electron chi connectivity index (χ4n) is 1.85. The lowest BCUT2D eigenvalue weighted by Crippen LogP contribution is -2.27. The van der Waals surface area contributed by atoms with Crippen molar-refractivity contribution in [3.8, 4) is 0 Å². The van der Waals surface area contributed by atoms with Crippen molar-refractivity contribution in [1.29, 1.82) is 0 Å². The first-order valence-electron chi connectivity index (χ1n) is 5.56. The summed E-state index contributed by atoms with van der Waals surface area (Å²) < 4.78 is 0. The summed E-state index contributed by atoms with van der Waals surface area (Å²) in [6.45, 7) is 3.50. The summed E-state index contributed by atoms with van der Waals surface area (Å²) in [6, 6.07) is 5.52. The average molecular weight is 286 g/mol. The smallest absolute Gasteiger partial charge is 0.222 e. The second-order valence-corrected chi connectivity index (χ2v) is 5.04. The van der Waals surface area contributed by atoms with Gasteiger partial charge in [-0.15, -0.1) is 0 Å². The zero-order chi connectivity index (χ0) is 13.3. The van der Waals surface area contributed by atoms with E-state index in [0.29, 0.717) is 22.3 Å². The third kappa shape index (κ3) is 2.76. The van der Waals surface area contributed by atoms with Gasteiger partial charge in [0.2, 0.25) is 5.91 Å². The van der Waals surface area contributed by atoms with Crippen LogP contribution in [0.3, 0.4) is 0 Å². The molecule has 1 aromatic carbocycles. The summed E-state index contributed by atoms with van der Waals surface area (Å²) in [5.74, 6) is 0.554. The SMILES string of the molecule is CC(=O)NC1=NN(c2ccc(Cl)c(Cl)c2)[C@H](C)C1.